The van der Waals surface area contributed by atoms with Crippen LogP contribution >= 0.6 is 0 Å². The molecule has 2 bridgehead atoms. The van der Waals surface area contributed by atoms with Crippen LogP contribution in [0, 0.1) is 29.1 Å². The van der Waals surface area contributed by atoms with Crippen LogP contribution in [0.1, 0.15) is 39.5 Å². The van der Waals surface area contributed by atoms with E-state index in [1.54, 1.807) is 0 Å². The summed E-state index contributed by atoms with van der Waals surface area (Å²) in [6.45, 7) is 7.06. The molecule has 2 aliphatic heterocycles. The zero-order valence-electron chi connectivity index (χ0n) is 12.1. The highest BCUT2D eigenvalue weighted by molar-refractivity contribution is 6.47. The van der Waals surface area contributed by atoms with E-state index in [-0.39, 0.29) is 12.7 Å². The van der Waals surface area contributed by atoms with E-state index in [4.69, 9.17) is 9.31 Å². The summed E-state index contributed by atoms with van der Waals surface area (Å²) in [6, 6.07) is 0. The van der Waals surface area contributed by atoms with Crippen LogP contribution in [0.3, 0.4) is 0 Å². The van der Waals surface area contributed by atoms with Crippen molar-refractivity contribution in [2.75, 3.05) is 13.2 Å². The van der Waals surface area contributed by atoms with Gasteiger partial charge in [-0.25, -0.2) is 0 Å². The van der Waals surface area contributed by atoms with E-state index in [1.807, 2.05) is 0 Å². The molecule has 2 N–H and O–H groups in total. The first-order valence-corrected chi connectivity index (χ1v) is 8.23. The Kier molecular flexibility index (Phi) is 2.07. The monoisotopic (exact) mass is 262 g/mol. The second-order valence-electron chi connectivity index (χ2n) is 8.42. The third kappa shape index (κ3) is 1.36. The molecule has 0 aromatic heterocycles. The molecule has 3 nitrogen and oxygen atoms in total. The van der Waals surface area contributed by atoms with Gasteiger partial charge in [0.2, 0.25) is 0 Å². The topological polar surface area (TPSA) is 35.1 Å². The van der Waals surface area contributed by atoms with Gasteiger partial charge < -0.3 is 14.6 Å². The summed E-state index contributed by atoms with van der Waals surface area (Å²) in [5.74, 6) is 4.15. The van der Waals surface area contributed by atoms with Gasteiger partial charge in [-0.05, 0) is 42.9 Å². The summed E-state index contributed by atoms with van der Waals surface area (Å²) in [5, 5.41) is 2.49. The van der Waals surface area contributed by atoms with Gasteiger partial charge in [0, 0.05) is 11.8 Å². The molecule has 6 unspecified atom stereocenters. The second-order valence-corrected chi connectivity index (χ2v) is 8.42. The third-order valence-electron chi connectivity index (χ3n) is 7.36. The minimum absolute atomic E-state index is 0.0731. The number of hydrogen-bond donors (Lipinski definition) is 1. The molecule has 6 aliphatic rings. The first-order valence-electron chi connectivity index (χ1n) is 8.23. The summed E-state index contributed by atoms with van der Waals surface area (Å²) in [5.41, 5.74) is 0.557. The fraction of sp³-hybridized carbons (Fsp3) is 1.00. The minimum Gasteiger partial charge on any atom is -0.404 e. The van der Waals surface area contributed by atoms with Crippen molar-refractivity contribution in [2.45, 2.75) is 51.1 Å². The number of fused-ring (bicyclic) bond motifs is 2. The summed E-state index contributed by atoms with van der Waals surface area (Å²) in [6.07, 6.45) is 5.39. The lowest BCUT2D eigenvalue weighted by molar-refractivity contribution is -0.663. The Balaban J connectivity index is 1.37. The second kappa shape index (κ2) is 3.40. The molecule has 0 aromatic carbocycles. The highest BCUT2D eigenvalue weighted by Crippen LogP contribution is 2.65. The number of piperidine rings is 1. The molecule has 6 fully saturated rings. The third-order valence-corrected chi connectivity index (χ3v) is 7.36. The molecule has 1 spiro atoms. The van der Waals surface area contributed by atoms with Crippen molar-refractivity contribution < 1.29 is 14.6 Å². The first kappa shape index (κ1) is 11.6. The molecular formula is C15H25BNO2+. The molecule has 0 amide bonds. The standard InChI is InChI=1S/C15H24BNO2/c1-14(2)10-3-4-15(12(14)6-10)8-18-16(19-15)13-11-5-9(11)7-17-13/h9-13,17H,3-8H2,1-2H3/p+1. The summed E-state index contributed by atoms with van der Waals surface area (Å²) >= 11 is 0. The Morgan fingerprint density at radius 3 is 2.79 bits per heavy atom. The average Bonchev–Trinajstić information content (AvgIpc) is 2.87. The number of rotatable bonds is 1. The molecule has 0 aromatic rings. The minimum atomic E-state index is 0.0731. The SMILES string of the molecule is CC1(C)C2CCC3(COB(C4[NH2+]CC5CC54)O3)C1C2. The maximum atomic E-state index is 6.60. The van der Waals surface area contributed by atoms with E-state index in [1.165, 1.54) is 32.2 Å². The van der Waals surface area contributed by atoms with Crippen LogP contribution in [0.15, 0.2) is 0 Å². The first-order chi connectivity index (χ1) is 9.10. The lowest BCUT2D eigenvalue weighted by atomic mass is 9.44. The van der Waals surface area contributed by atoms with Crippen LogP contribution in [-0.4, -0.2) is 31.8 Å². The van der Waals surface area contributed by atoms with E-state index in [2.05, 4.69) is 19.2 Å². The number of nitrogens with two attached hydrogens (primary N) is 1. The fourth-order valence-corrected chi connectivity index (χ4v) is 5.85. The van der Waals surface area contributed by atoms with Crippen LogP contribution in [-0.2, 0) is 9.31 Å². The predicted molar refractivity (Wildman–Crippen MR) is 72.3 cm³/mol. The Hall–Kier alpha value is -0.0551. The average molecular weight is 262 g/mol. The smallest absolute Gasteiger partial charge is 0.404 e. The van der Waals surface area contributed by atoms with E-state index in [0.717, 1.165) is 30.3 Å². The van der Waals surface area contributed by atoms with Crippen molar-refractivity contribution in [1.82, 2.24) is 0 Å². The van der Waals surface area contributed by atoms with Crippen molar-refractivity contribution in [3.63, 3.8) is 0 Å². The van der Waals surface area contributed by atoms with Gasteiger partial charge in [-0.3, -0.25) is 0 Å². The maximum absolute atomic E-state index is 6.60. The van der Waals surface area contributed by atoms with Crippen LogP contribution in [0.4, 0.5) is 0 Å². The molecule has 104 valence electrons. The highest BCUT2D eigenvalue weighted by atomic mass is 16.7. The van der Waals surface area contributed by atoms with E-state index in [0.29, 0.717) is 11.4 Å². The lowest BCUT2D eigenvalue weighted by Crippen LogP contribution is -2.91. The Bertz CT molecular complexity index is 426. The summed E-state index contributed by atoms with van der Waals surface area (Å²) in [7, 11) is 0.0884. The molecule has 6 rings (SSSR count). The van der Waals surface area contributed by atoms with E-state index >= 15 is 0 Å². The Morgan fingerprint density at radius 1 is 1.26 bits per heavy atom. The normalized spacial score (nSPS) is 57.2. The summed E-state index contributed by atoms with van der Waals surface area (Å²) in [4.78, 5) is 0. The van der Waals surface area contributed by atoms with Gasteiger partial charge in [0.25, 0.3) is 0 Å². The molecule has 19 heavy (non-hydrogen) atoms. The van der Waals surface area contributed by atoms with Crippen molar-refractivity contribution in [1.29, 1.82) is 0 Å². The molecule has 4 aliphatic carbocycles. The summed E-state index contributed by atoms with van der Waals surface area (Å²) < 4.78 is 12.8. The molecule has 4 saturated carbocycles. The van der Waals surface area contributed by atoms with E-state index < -0.39 is 0 Å². The zero-order chi connectivity index (χ0) is 12.8. The predicted octanol–water partition coefficient (Wildman–Crippen LogP) is 0.837. The Labute approximate surface area is 115 Å². The zero-order valence-corrected chi connectivity index (χ0v) is 12.1. The molecule has 2 saturated heterocycles. The quantitative estimate of drug-likeness (QED) is 0.711. The van der Waals surface area contributed by atoms with Gasteiger partial charge in [-0.1, -0.05) is 13.8 Å². The van der Waals surface area contributed by atoms with Crippen molar-refractivity contribution in [3.8, 4) is 0 Å². The van der Waals surface area contributed by atoms with Gasteiger partial charge in [-0.15, -0.1) is 0 Å². The van der Waals surface area contributed by atoms with Crippen molar-refractivity contribution in [2.24, 2.45) is 29.1 Å². The lowest BCUT2D eigenvalue weighted by Gasteiger charge is -2.63. The largest absolute Gasteiger partial charge is 0.521 e. The molecule has 6 atom stereocenters. The van der Waals surface area contributed by atoms with Gasteiger partial charge in [0.05, 0.1) is 18.8 Å². The maximum Gasteiger partial charge on any atom is 0.521 e. The Morgan fingerprint density at radius 2 is 2.16 bits per heavy atom. The molecule has 2 heterocycles. The highest BCUT2D eigenvalue weighted by Gasteiger charge is 2.68. The van der Waals surface area contributed by atoms with Gasteiger partial charge >= 0.3 is 7.12 Å². The number of quaternary nitrogens is 1. The van der Waals surface area contributed by atoms with Crippen LogP contribution < -0.4 is 5.32 Å². The van der Waals surface area contributed by atoms with E-state index in [9.17, 15) is 0 Å². The van der Waals surface area contributed by atoms with Crippen molar-refractivity contribution >= 4 is 7.12 Å². The molecule has 0 radical (unpaired) electrons. The van der Waals surface area contributed by atoms with Crippen molar-refractivity contribution in [3.05, 3.63) is 0 Å². The molecule has 4 heteroatoms. The van der Waals surface area contributed by atoms with Gasteiger partial charge in [0.1, 0.15) is 5.94 Å². The van der Waals surface area contributed by atoms with Crippen LogP contribution in [0.25, 0.3) is 0 Å². The fourth-order valence-electron chi connectivity index (χ4n) is 5.85. The molecular weight excluding hydrogens is 237 g/mol. The van der Waals surface area contributed by atoms with Gasteiger partial charge in [0.15, 0.2) is 0 Å². The van der Waals surface area contributed by atoms with Crippen LogP contribution in [0.2, 0.25) is 0 Å². The van der Waals surface area contributed by atoms with Crippen LogP contribution in [0.5, 0.6) is 0 Å². The van der Waals surface area contributed by atoms with Gasteiger partial charge in [-0.2, -0.15) is 0 Å². The number of hydrogen-bond acceptors (Lipinski definition) is 2.